The van der Waals surface area contributed by atoms with E-state index < -0.39 is 16.1 Å². The summed E-state index contributed by atoms with van der Waals surface area (Å²) in [6.45, 7) is 1.06. The van der Waals surface area contributed by atoms with Crippen LogP contribution in [0.4, 0.5) is 0 Å². The summed E-state index contributed by atoms with van der Waals surface area (Å²) >= 11 is 0. The third-order valence-electron chi connectivity index (χ3n) is 4.57. The smallest absolute Gasteiger partial charge is 0.241 e. The van der Waals surface area contributed by atoms with Crippen LogP contribution < -0.4 is 14.2 Å². The molecule has 0 saturated carbocycles. The van der Waals surface area contributed by atoms with Crippen LogP contribution in [0, 0.1) is 0 Å². The number of fused-ring (bicyclic) bond motifs is 1. The second-order valence-electron chi connectivity index (χ2n) is 6.53. The van der Waals surface area contributed by atoms with Crippen molar-refractivity contribution < 1.29 is 17.9 Å². The van der Waals surface area contributed by atoms with E-state index in [1.807, 2.05) is 60.7 Å². The molecule has 1 aliphatic rings. The van der Waals surface area contributed by atoms with Crippen molar-refractivity contribution in [1.29, 1.82) is 0 Å². The molecular formula is C22H21NO4S. The van der Waals surface area contributed by atoms with Gasteiger partial charge in [0.1, 0.15) is 0 Å². The second kappa shape index (κ2) is 8.04. The largest absolute Gasteiger partial charge is 0.490 e. The summed E-state index contributed by atoms with van der Waals surface area (Å²) in [4.78, 5) is 0.147. The van der Waals surface area contributed by atoms with Crippen LogP contribution in [0.3, 0.4) is 0 Å². The average molecular weight is 395 g/mol. The van der Waals surface area contributed by atoms with Gasteiger partial charge in [0.2, 0.25) is 10.0 Å². The molecule has 0 atom stereocenters. The van der Waals surface area contributed by atoms with E-state index in [0.717, 1.165) is 17.5 Å². The number of hydrogen-bond donors (Lipinski definition) is 1. The van der Waals surface area contributed by atoms with Crippen LogP contribution in [0.2, 0.25) is 0 Å². The Hall–Kier alpha value is -2.83. The molecule has 0 bridgehead atoms. The predicted molar refractivity (Wildman–Crippen MR) is 107 cm³/mol. The summed E-state index contributed by atoms with van der Waals surface area (Å²) in [5.74, 6) is 1.02. The summed E-state index contributed by atoms with van der Waals surface area (Å²) in [6.07, 6.45) is 0.763. The predicted octanol–water partition coefficient (Wildman–Crippen LogP) is 3.92. The van der Waals surface area contributed by atoms with Gasteiger partial charge in [-0.05, 0) is 23.3 Å². The molecule has 0 unspecified atom stereocenters. The minimum atomic E-state index is -3.79. The zero-order chi connectivity index (χ0) is 19.4. The number of sulfonamides is 1. The first-order valence-corrected chi connectivity index (χ1v) is 10.6. The Morgan fingerprint density at radius 3 is 1.93 bits per heavy atom. The first-order chi connectivity index (χ1) is 13.6. The van der Waals surface area contributed by atoms with Crippen molar-refractivity contribution in [1.82, 2.24) is 4.72 Å². The molecule has 3 aromatic rings. The van der Waals surface area contributed by atoms with Gasteiger partial charge in [-0.2, -0.15) is 4.72 Å². The fourth-order valence-corrected chi connectivity index (χ4v) is 4.38. The number of nitrogens with one attached hydrogen (secondary N) is 1. The van der Waals surface area contributed by atoms with Gasteiger partial charge in [-0.15, -0.1) is 0 Å². The fraction of sp³-hybridized carbons (Fsp3) is 0.182. The van der Waals surface area contributed by atoms with E-state index in [-0.39, 0.29) is 4.90 Å². The van der Waals surface area contributed by atoms with Gasteiger partial charge in [0.25, 0.3) is 0 Å². The molecule has 0 radical (unpaired) electrons. The topological polar surface area (TPSA) is 64.6 Å². The maximum Gasteiger partial charge on any atom is 0.241 e. The van der Waals surface area contributed by atoms with Gasteiger partial charge in [0.15, 0.2) is 11.5 Å². The van der Waals surface area contributed by atoms with Crippen molar-refractivity contribution >= 4 is 10.0 Å². The number of hydrogen-bond acceptors (Lipinski definition) is 4. The van der Waals surface area contributed by atoms with Gasteiger partial charge in [0, 0.05) is 12.5 Å². The molecule has 0 amide bonds. The molecule has 0 aliphatic carbocycles. The molecule has 1 heterocycles. The van der Waals surface area contributed by atoms with Crippen molar-refractivity contribution in [3.05, 3.63) is 90.0 Å². The zero-order valence-corrected chi connectivity index (χ0v) is 16.1. The van der Waals surface area contributed by atoms with Gasteiger partial charge < -0.3 is 9.47 Å². The lowest BCUT2D eigenvalue weighted by Crippen LogP contribution is -2.29. The van der Waals surface area contributed by atoms with Crippen molar-refractivity contribution in [3.63, 3.8) is 0 Å². The second-order valence-corrected chi connectivity index (χ2v) is 8.25. The van der Waals surface area contributed by atoms with Gasteiger partial charge in [-0.3, -0.25) is 0 Å². The van der Waals surface area contributed by atoms with Crippen LogP contribution in [-0.2, 0) is 10.0 Å². The Kier molecular flexibility index (Phi) is 5.32. The first kappa shape index (κ1) is 18.5. The third-order valence-corrected chi connectivity index (χ3v) is 5.99. The Bertz CT molecular complexity index is 997. The Balaban J connectivity index is 1.69. The average Bonchev–Trinajstić information content (AvgIpc) is 2.98. The van der Waals surface area contributed by atoms with Crippen LogP contribution >= 0.6 is 0 Å². The molecular weight excluding hydrogens is 374 g/mol. The van der Waals surface area contributed by atoms with Crippen LogP contribution in [0.25, 0.3) is 0 Å². The molecule has 1 aliphatic heterocycles. The molecule has 0 fully saturated rings. The Morgan fingerprint density at radius 1 is 0.750 bits per heavy atom. The molecule has 5 nitrogen and oxygen atoms in total. The molecule has 3 aromatic carbocycles. The summed E-state index contributed by atoms with van der Waals surface area (Å²) in [7, 11) is -3.79. The van der Waals surface area contributed by atoms with E-state index in [2.05, 4.69) is 4.72 Å². The van der Waals surface area contributed by atoms with Gasteiger partial charge >= 0.3 is 0 Å². The summed E-state index contributed by atoms with van der Waals surface area (Å²) in [5, 5.41) is 0. The lowest BCUT2D eigenvalue weighted by molar-refractivity contribution is 0.297. The van der Waals surface area contributed by atoms with Crippen molar-refractivity contribution in [2.75, 3.05) is 13.2 Å². The van der Waals surface area contributed by atoms with Crippen LogP contribution in [-0.4, -0.2) is 21.6 Å². The van der Waals surface area contributed by atoms with E-state index in [0.29, 0.717) is 24.7 Å². The van der Waals surface area contributed by atoms with E-state index in [4.69, 9.17) is 9.47 Å². The van der Waals surface area contributed by atoms with E-state index in [1.165, 1.54) is 6.07 Å². The minimum absolute atomic E-state index is 0.147. The fourth-order valence-electron chi connectivity index (χ4n) is 3.15. The molecule has 1 N–H and O–H groups in total. The lowest BCUT2D eigenvalue weighted by Gasteiger charge is -2.20. The summed E-state index contributed by atoms with van der Waals surface area (Å²) < 4.78 is 40.4. The molecule has 6 heteroatoms. The van der Waals surface area contributed by atoms with Gasteiger partial charge in [0.05, 0.1) is 24.2 Å². The first-order valence-electron chi connectivity index (χ1n) is 9.15. The highest BCUT2D eigenvalue weighted by molar-refractivity contribution is 7.89. The Morgan fingerprint density at radius 2 is 1.32 bits per heavy atom. The van der Waals surface area contributed by atoms with Crippen LogP contribution in [0.15, 0.2) is 83.8 Å². The van der Waals surface area contributed by atoms with E-state index >= 15 is 0 Å². The maximum absolute atomic E-state index is 13.2. The van der Waals surface area contributed by atoms with Crippen LogP contribution in [0.5, 0.6) is 11.5 Å². The molecule has 0 saturated heterocycles. The van der Waals surface area contributed by atoms with Gasteiger partial charge in [-0.1, -0.05) is 60.7 Å². The van der Waals surface area contributed by atoms with Crippen molar-refractivity contribution in [2.24, 2.45) is 0 Å². The highest BCUT2D eigenvalue weighted by Crippen LogP contribution is 2.33. The normalized spacial score (nSPS) is 13.9. The van der Waals surface area contributed by atoms with Crippen LogP contribution in [0.1, 0.15) is 23.6 Å². The maximum atomic E-state index is 13.2. The number of rotatable bonds is 5. The molecule has 28 heavy (non-hydrogen) atoms. The minimum Gasteiger partial charge on any atom is -0.490 e. The Labute approximate surface area is 165 Å². The molecule has 144 valence electrons. The highest BCUT2D eigenvalue weighted by Gasteiger charge is 2.24. The van der Waals surface area contributed by atoms with Crippen molar-refractivity contribution in [2.45, 2.75) is 17.4 Å². The molecule has 4 rings (SSSR count). The number of ether oxygens (including phenoxy) is 2. The quantitative estimate of drug-likeness (QED) is 0.711. The van der Waals surface area contributed by atoms with E-state index in [9.17, 15) is 8.42 Å². The monoisotopic (exact) mass is 395 g/mol. The summed E-state index contributed by atoms with van der Waals surface area (Å²) in [6, 6.07) is 23.3. The standard InChI is InChI=1S/C22H21NO4S/c24-28(25,19-12-13-20-21(16-19)27-15-7-14-26-20)23-22(17-8-3-1-4-9-17)18-10-5-2-6-11-18/h1-6,8-13,16,22-23H,7,14-15H2. The van der Waals surface area contributed by atoms with E-state index in [1.54, 1.807) is 12.1 Å². The zero-order valence-electron chi connectivity index (χ0n) is 15.2. The molecule has 0 aromatic heterocycles. The molecule has 0 spiro atoms. The lowest BCUT2D eigenvalue weighted by atomic mass is 10.00. The highest BCUT2D eigenvalue weighted by atomic mass is 32.2. The van der Waals surface area contributed by atoms with Gasteiger partial charge in [-0.25, -0.2) is 8.42 Å². The van der Waals surface area contributed by atoms with Crippen molar-refractivity contribution in [3.8, 4) is 11.5 Å². The third kappa shape index (κ3) is 4.03. The number of benzene rings is 3. The SMILES string of the molecule is O=S(=O)(NC(c1ccccc1)c1ccccc1)c1ccc2c(c1)OCCCO2. The summed E-state index contributed by atoms with van der Waals surface area (Å²) in [5.41, 5.74) is 1.73.